The average molecular weight is 553 g/mol. The number of carbonyl (C=O) groups excluding carboxylic acids is 4. The Labute approximate surface area is 227 Å². The van der Waals surface area contributed by atoms with E-state index in [9.17, 15) is 29.1 Å². The van der Waals surface area contributed by atoms with Gasteiger partial charge in [0.2, 0.25) is 23.6 Å². The number of carbonyl (C=O) groups is 5. The Balaban J connectivity index is 2.98. The van der Waals surface area contributed by atoms with E-state index in [-0.39, 0.29) is 32.1 Å². The van der Waals surface area contributed by atoms with Crippen LogP contribution in [0.4, 0.5) is 0 Å². The Morgan fingerprint density at radius 2 is 1.45 bits per heavy atom. The second-order valence-electron chi connectivity index (χ2n) is 8.89. The van der Waals surface area contributed by atoms with Crippen molar-refractivity contribution in [1.82, 2.24) is 16.0 Å². The third-order valence-electron chi connectivity index (χ3n) is 5.75. The molecule has 4 atom stereocenters. The van der Waals surface area contributed by atoms with E-state index in [1.165, 1.54) is 11.8 Å². The number of thioether (sulfide) groups is 1. The van der Waals surface area contributed by atoms with Gasteiger partial charge in [-0.2, -0.15) is 11.8 Å². The first-order valence-electron chi connectivity index (χ1n) is 12.5. The molecule has 1 aromatic rings. The fourth-order valence-electron chi connectivity index (χ4n) is 3.59. The molecule has 38 heavy (non-hydrogen) atoms. The van der Waals surface area contributed by atoms with Crippen LogP contribution in [-0.4, -0.2) is 77.4 Å². The maximum Gasteiger partial charge on any atom is 0.326 e. The predicted octanol–water partition coefficient (Wildman–Crippen LogP) is -0.757. The topological polar surface area (TPSA) is 220 Å². The van der Waals surface area contributed by atoms with E-state index < -0.39 is 53.8 Å². The van der Waals surface area contributed by atoms with Gasteiger partial charge in [0.1, 0.15) is 18.1 Å². The molecular weight excluding hydrogens is 512 g/mol. The summed E-state index contributed by atoms with van der Waals surface area (Å²) in [6, 6.07) is 4.84. The lowest BCUT2D eigenvalue weighted by Crippen LogP contribution is -2.57. The van der Waals surface area contributed by atoms with Gasteiger partial charge in [0.05, 0.1) is 6.04 Å². The lowest BCUT2D eigenvalue weighted by atomic mass is 10.0. The average Bonchev–Trinajstić information content (AvgIpc) is 2.88. The highest BCUT2D eigenvalue weighted by Crippen LogP contribution is 2.08. The molecule has 12 nitrogen and oxygen atoms in total. The number of nitrogens with two attached hydrogens (primary N) is 3. The summed E-state index contributed by atoms with van der Waals surface area (Å²) in [7, 11) is 0. The summed E-state index contributed by atoms with van der Waals surface area (Å²) in [5.74, 6) is -3.37. The number of rotatable bonds is 19. The van der Waals surface area contributed by atoms with E-state index in [0.717, 1.165) is 5.56 Å². The molecule has 0 bridgehead atoms. The number of carboxylic acids is 1. The number of carboxylic acid groups (broad SMARTS) is 1. The molecule has 10 N–H and O–H groups in total. The summed E-state index contributed by atoms with van der Waals surface area (Å²) in [6.07, 6.45) is 3.26. The lowest BCUT2D eigenvalue weighted by molar-refractivity contribution is -0.142. The van der Waals surface area contributed by atoms with Gasteiger partial charge in [0, 0.05) is 6.42 Å². The number of amides is 4. The second kappa shape index (κ2) is 18.2. The molecule has 0 fully saturated rings. The van der Waals surface area contributed by atoms with E-state index in [1.54, 1.807) is 0 Å². The van der Waals surface area contributed by atoms with Crippen LogP contribution in [0.5, 0.6) is 0 Å². The molecule has 0 spiro atoms. The van der Waals surface area contributed by atoms with Crippen molar-refractivity contribution in [2.24, 2.45) is 17.2 Å². The first kappa shape index (κ1) is 32.9. The van der Waals surface area contributed by atoms with Gasteiger partial charge in [-0.1, -0.05) is 30.3 Å². The van der Waals surface area contributed by atoms with E-state index in [0.29, 0.717) is 25.1 Å². The smallest absolute Gasteiger partial charge is 0.326 e. The molecule has 0 aliphatic rings. The van der Waals surface area contributed by atoms with Gasteiger partial charge in [-0.05, 0) is 62.6 Å². The molecule has 4 amide bonds. The molecule has 212 valence electrons. The highest BCUT2D eigenvalue weighted by atomic mass is 32.2. The molecule has 0 radical (unpaired) electrons. The quantitative estimate of drug-likeness (QED) is 0.107. The third kappa shape index (κ3) is 12.9. The molecule has 13 heteroatoms. The van der Waals surface area contributed by atoms with Crippen molar-refractivity contribution in [2.45, 2.75) is 69.1 Å². The van der Waals surface area contributed by atoms with E-state index in [2.05, 4.69) is 16.0 Å². The van der Waals surface area contributed by atoms with Crippen LogP contribution in [-0.2, 0) is 30.4 Å². The first-order chi connectivity index (χ1) is 18.1. The molecule has 1 rings (SSSR count). The number of unbranched alkanes of at least 4 members (excludes halogenated alkanes) is 1. The highest BCUT2D eigenvalue weighted by molar-refractivity contribution is 7.98. The van der Waals surface area contributed by atoms with E-state index in [4.69, 9.17) is 17.2 Å². The zero-order chi connectivity index (χ0) is 28.5. The lowest BCUT2D eigenvalue weighted by Gasteiger charge is -2.25. The van der Waals surface area contributed by atoms with Crippen molar-refractivity contribution in [3.05, 3.63) is 35.9 Å². The van der Waals surface area contributed by atoms with Crippen LogP contribution < -0.4 is 33.2 Å². The van der Waals surface area contributed by atoms with Gasteiger partial charge >= 0.3 is 5.97 Å². The van der Waals surface area contributed by atoms with Crippen molar-refractivity contribution in [3.63, 3.8) is 0 Å². The summed E-state index contributed by atoms with van der Waals surface area (Å²) < 4.78 is 0. The second-order valence-corrected chi connectivity index (χ2v) is 9.87. The van der Waals surface area contributed by atoms with Crippen molar-refractivity contribution >= 4 is 41.4 Å². The van der Waals surface area contributed by atoms with Gasteiger partial charge in [0.15, 0.2) is 0 Å². The van der Waals surface area contributed by atoms with Crippen LogP contribution in [0.15, 0.2) is 30.3 Å². The normalized spacial score (nSPS) is 14.0. The minimum atomic E-state index is -1.24. The van der Waals surface area contributed by atoms with Gasteiger partial charge in [-0.15, -0.1) is 0 Å². The van der Waals surface area contributed by atoms with Gasteiger partial charge < -0.3 is 38.3 Å². The number of hydrogen-bond donors (Lipinski definition) is 7. The zero-order valence-electron chi connectivity index (χ0n) is 21.7. The molecule has 1 aromatic carbocycles. The van der Waals surface area contributed by atoms with Crippen LogP contribution in [0.2, 0.25) is 0 Å². The summed E-state index contributed by atoms with van der Waals surface area (Å²) in [5, 5.41) is 17.1. The Morgan fingerprint density at radius 1 is 0.868 bits per heavy atom. The SMILES string of the molecule is CSCCC(NC(=O)C(CCC(N)=O)NC(=O)C(CCCCN)NC(=O)C(N)Cc1ccccc1)C(=O)O. The van der Waals surface area contributed by atoms with Crippen LogP contribution in [0, 0.1) is 0 Å². The summed E-state index contributed by atoms with van der Waals surface area (Å²) >= 11 is 1.42. The zero-order valence-corrected chi connectivity index (χ0v) is 22.5. The Bertz CT molecular complexity index is 919. The summed E-state index contributed by atoms with van der Waals surface area (Å²) in [5.41, 5.74) is 17.7. The number of benzene rings is 1. The monoisotopic (exact) mass is 552 g/mol. The Morgan fingerprint density at radius 3 is 2.00 bits per heavy atom. The van der Waals surface area contributed by atoms with Gasteiger partial charge in [0.25, 0.3) is 0 Å². The van der Waals surface area contributed by atoms with Crippen LogP contribution >= 0.6 is 11.8 Å². The number of aliphatic carboxylic acids is 1. The Kier molecular flexibility index (Phi) is 15.7. The maximum atomic E-state index is 13.2. The summed E-state index contributed by atoms with van der Waals surface area (Å²) in [4.78, 5) is 61.8. The molecule has 0 aliphatic heterocycles. The molecule has 0 saturated carbocycles. The van der Waals surface area contributed by atoms with Crippen molar-refractivity contribution < 1.29 is 29.1 Å². The molecule has 0 heterocycles. The van der Waals surface area contributed by atoms with Gasteiger partial charge in [-0.3, -0.25) is 19.2 Å². The number of hydrogen-bond acceptors (Lipinski definition) is 8. The highest BCUT2D eigenvalue weighted by Gasteiger charge is 2.30. The third-order valence-corrected chi connectivity index (χ3v) is 6.40. The minimum absolute atomic E-state index is 0.140. The minimum Gasteiger partial charge on any atom is -0.480 e. The van der Waals surface area contributed by atoms with Crippen LogP contribution in [0.1, 0.15) is 44.1 Å². The first-order valence-corrected chi connectivity index (χ1v) is 13.9. The van der Waals surface area contributed by atoms with Crippen molar-refractivity contribution in [3.8, 4) is 0 Å². The largest absolute Gasteiger partial charge is 0.480 e. The molecule has 0 aliphatic carbocycles. The predicted molar refractivity (Wildman–Crippen MR) is 146 cm³/mol. The standard InChI is InChI=1S/C25H40N6O6S/c1-38-14-12-20(25(36)37)31-24(35)19(10-11-21(28)32)30-23(34)18(9-5-6-13-26)29-22(33)17(27)15-16-7-3-2-4-8-16/h2-4,7-8,17-20H,5-6,9-15,26-27H2,1H3,(H2,28,32)(H,29,33)(H,30,34)(H,31,35)(H,36,37). The van der Waals surface area contributed by atoms with Crippen LogP contribution in [0.3, 0.4) is 0 Å². The number of primary amides is 1. The molecule has 0 saturated heterocycles. The fraction of sp³-hybridized carbons (Fsp3) is 0.560. The van der Waals surface area contributed by atoms with Crippen molar-refractivity contribution in [2.75, 3.05) is 18.6 Å². The molecular formula is C25H40N6O6S. The van der Waals surface area contributed by atoms with Crippen LogP contribution in [0.25, 0.3) is 0 Å². The fourth-order valence-corrected chi connectivity index (χ4v) is 4.07. The Hall–Kier alpha value is -3.16. The molecule has 4 unspecified atom stereocenters. The maximum absolute atomic E-state index is 13.2. The summed E-state index contributed by atoms with van der Waals surface area (Å²) in [6.45, 7) is 0.395. The van der Waals surface area contributed by atoms with Gasteiger partial charge in [-0.25, -0.2) is 4.79 Å². The molecule has 0 aromatic heterocycles. The van der Waals surface area contributed by atoms with Crippen molar-refractivity contribution in [1.29, 1.82) is 0 Å². The van der Waals surface area contributed by atoms with E-state index >= 15 is 0 Å². The van der Waals surface area contributed by atoms with E-state index in [1.807, 2.05) is 36.6 Å². The number of nitrogens with one attached hydrogen (secondary N) is 3.